The summed E-state index contributed by atoms with van der Waals surface area (Å²) in [5.74, 6) is 0. The number of nitrogens with zero attached hydrogens (tertiary/aromatic N) is 1. The summed E-state index contributed by atoms with van der Waals surface area (Å²) >= 11 is 0. The van der Waals surface area contributed by atoms with E-state index in [2.05, 4.69) is 49.9 Å². The first kappa shape index (κ1) is 9.78. The quantitative estimate of drug-likeness (QED) is 0.720. The molecule has 0 bridgehead atoms. The van der Waals surface area contributed by atoms with Gasteiger partial charge >= 0.3 is 0 Å². The molecule has 2 heteroatoms. The number of rotatable bonds is 3. The highest BCUT2D eigenvalue weighted by Crippen LogP contribution is 2.51. The van der Waals surface area contributed by atoms with Crippen LogP contribution in [0.4, 0.5) is 0 Å². The van der Waals surface area contributed by atoms with Crippen molar-refractivity contribution in [3.63, 3.8) is 0 Å². The van der Waals surface area contributed by atoms with Crippen molar-refractivity contribution in [2.45, 2.75) is 39.3 Å². The Morgan fingerprint density at radius 1 is 1.36 bits per heavy atom. The van der Waals surface area contributed by atoms with Crippen LogP contribution in [0.3, 0.4) is 0 Å². The van der Waals surface area contributed by atoms with Gasteiger partial charge in [-0.3, -0.25) is 0 Å². The first-order valence-electron chi connectivity index (χ1n) is 5.40. The lowest BCUT2D eigenvalue weighted by molar-refractivity contribution is -0.127. The monoisotopic (exact) mass is 193 g/mol. The molecule has 2 unspecified atom stereocenters. The molecule has 1 heterocycles. The summed E-state index contributed by atoms with van der Waals surface area (Å²) in [7, 11) is 0. The summed E-state index contributed by atoms with van der Waals surface area (Å²) in [6.45, 7) is 7.48. The second-order valence-electron chi connectivity index (χ2n) is 4.65. The lowest BCUT2D eigenvalue weighted by atomic mass is 9.64. The Kier molecular flexibility index (Phi) is 2.40. The second kappa shape index (κ2) is 3.43. The maximum absolute atomic E-state index is 5.71. The molecule has 0 N–H and O–H groups in total. The fraction of sp³-hybridized carbons (Fsp3) is 0.667. The van der Waals surface area contributed by atoms with Gasteiger partial charge in [-0.2, -0.15) is 0 Å². The molecule has 0 radical (unpaired) electrons. The van der Waals surface area contributed by atoms with E-state index in [9.17, 15) is 0 Å². The Morgan fingerprint density at radius 3 is 2.50 bits per heavy atom. The molecule has 2 rings (SSSR count). The number of ether oxygens (including phenoxy) is 1. The molecule has 1 aromatic rings. The first-order valence-corrected chi connectivity index (χ1v) is 5.40. The van der Waals surface area contributed by atoms with E-state index < -0.39 is 0 Å². The van der Waals surface area contributed by atoms with Gasteiger partial charge in [0.15, 0.2) is 0 Å². The lowest BCUT2D eigenvalue weighted by Crippen LogP contribution is -2.51. The fourth-order valence-electron chi connectivity index (χ4n) is 2.41. The molecule has 2 nitrogen and oxygen atoms in total. The highest BCUT2D eigenvalue weighted by atomic mass is 16.5. The van der Waals surface area contributed by atoms with E-state index in [4.69, 9.17) is 4.74 Å². The van der Waals surface area contributed by atoms with E-state index in [0.717, 1.165) is 13.0 Å². The summed E-state index contributed by atoms with van der Waals surface area (Å²) in [5, 5.41) is 0. The van der Waals surface area contributed by atoms with Gasteiger partial charge in [-0.15, -0.1) is 0 Å². The van der Waals surface area contributed by atoms with Crippen molar-refractivity contribution in [3.8, 4) is 0 Å². The number of hydrogen-bond donors (Lipinski definition) is 0. The van der Waals surface area contributed by atoms with Crippen LogP contribution >= 0.6 is 0 Å². The van der Waals surface area contributed by atoms with E-state index in [1.54, 1.807) is 0 Å². The summed E-state index contributed by atoms with van der Waals surface area (Å²) in [5.41, 5.74) is 0.273. The Morgan fingerprint density at radius 2 is 2.00 bits per heavy atom. The van der Waals surface area contributed by atoms with Crippen molar-refractivity contribution >= 4 is 0 Å². The maximum atomic E-state index is 5.71. The Labute approximate surface area is 85.9 Å². The molecule has 1 aliphatic rings. The average Bonchev–Trinajstić information content (AvgIpc) is 2.64. The third-order valence-corrected chi connectivity index (χ3v) is 3.48. The second-order valence-corrected chi connectivity index (χ2v) is 4.65. The molecule has 1 saturated carbocycles. The van der Waals surface area contributed by atoms with Crippen LogP contribution in [0.2, 0.25) is 0 Å². The summed E-state index contributed by atoms with van der Waals surface area (Å²) < 4.78 is 8.01. The predicted octanol–water partition coefficient (Wildman–Crippen LogP) is 2.86. The van der Waals surface area contributed by atoms with Gasteiger partial charge in [0.1, 0.15) is 0 Å². The zero-order valence-corrected chi connectivity index (χ0v) is 9.23. The van der Waals surface area contributed by atoms with E-state index in [1.165, 1.54) is 0 Å². The molecule has 1 aliphatic carbocycles. The van der Waals surface area contributed by atoms with Crippen LogP contribution in [0.5, 0.6) is 0 Å². The van der Waals surface area contributed by atoms with Crippen LogP contribution < -0.4 is 0 Å². The molecule has 0 amide bonds. The van der Waals surface area contributed by atoms with E-state index in [0.29, 0.717) is 12.1 Å². The van der Waals surface area contributed by atoms with Gasteiger partial charge in [-0.05, 0) is 25.5 Å². The number of aromatic nitrogens is 1. The molecule has 78 valence electrons. The predicted molar refractivity (Wildman–Crippen MR) is 57.3 cm³/mol. The van der Waals surface area contributed by atoms with Gasteiger partial charge in [0.2, 0.25) is 0 Å². The molecule has 1 fully saturated rings. The zero-order valence-electron chi connectivity index (χ0n) is 9.23. The van der Waals surface area contributed by atoms with Gasteiger partial charge < -0.3 is 9.30 Å². The zero-order chi connectivity index (χ0) is 10.2. The average molecular weight is 193 g/mol. The first-order chi connectivity index (χ1) is 6.66. The molecular formula is C12H19NO. The molecule has 0 saturated heterocycles. The van der Waals surface area contributed by atoms with Crippen LogP contribution in [-0.2, 0) is 4.74 Å². The smallest absolute Gasteiger partial charge is 0.0665 e. The molecule has 14 heavy (non-hydrogen) atoms. The minimum atomic E-state index is 0.273. The molecule has 1 aromatic heterocycles. The van der Waals surface area contributed by atoms with Gasteiger partial charge in [0.25, 0.3) is 0 Å². The van der Waals surface area contributed by atoms with E-state index in [1.807, 2.05) is 0 Å². The van der Waals surface area contributed by atoms with Crippen molar-refractivity contribution in [1.82, 2.24) is 4.57 Å². The van der Waals surface area contributed by atoms with Crippen LogP contribution in [0, 0.1) is 5.41 Å². The van der Waals surface area contributed by atoms with Gasteiger partial charge in [0, 0.05) is 30.5 Å². The Hall–Kier alpha value is -0.760. The highest BCUT2D eigenvalue weighted by molar-refractivity contribution is 5.05. The van der Waals surface area contributed by atoms with E-state index >= 15 is 0 Å². The highest BCUT2D eigenvalue weighted by Gasteiger charge is 2.49. The standard InChI is InChI=1S/C12H19NO/c1-4-14-11-9-10(12(11,2)3)13-7-5-6-8-13/h5-8,10-11H,4,9H2,1-3H3. The summed E-state index contributed by atoms with van der Waals surface area (Å²) in [6, 6.07) is 4.78. The minimum absolute atomic E-state index is 0.273. The molecule has 0 spiro atoms. The lowest BCUT2D eigenvalue weighted by Gasteiger charge is -2.52. The molecular weight excluding hydrogens is 174 g/mol. The normalized spacial score (nSPS) is 29.9. The topological polar surface area (TPSA) is 14.2 Å². The Bertz CT molecular complexity index is 289. The van der Waals surface area contributed by atoms with Crippen molar-refractivity contribution in [3.05, 3.63) is 24.5 Å². The van der Waals surface area contributed by atoms with Crippen LogP contribution in [0.1, 0.15) is 33.2 Å². The summed E-state index contributed by atoms with van der Waals surface area (Å²) in [6.07, 6.45) is 5.87. The third-order valence-electron chi connectivity index (χ3n) is 3.48. The van der Waals surface area contributed by atoms with Gasteiger partial charge in [-0.25, -0.2) is 0 Å². The largest absolute Gasteiger partial charge is 0.378 e. The van der Waals surface area contributed by atoms with Gasteiger partial charge in [-0.1, -0.05) is 13.8 Å². The fourth-order valence-corrected chi connectivity index (χ4v) is 2.41. The molecule has 0 aromatic carbocycles. The van der Waals surface area contributed by atoms with E-state index in [-0.39, 0.29) is 5.41 Å². The minimum Gasteiger partial charge on any atom is -0.378 e. The third kappa shape index (κ3) is 1.38. The van der Waals surface area contributed by atoms with Crippen molar-refractivity contribution in [2.75, 3.05) is 6.61 Å². The SMILES string of the molecule is CCOC1CC(n2cccc2)C1(C)C. The van der Waals surface area contributed by atoms with Gasteiger partial charge in [0.05, 0.1) is 6.10 Å². The van der Waals surface area contributed by atoms with Crippen molar-refractivity contribution in [2.24, 2.45) is 5.41 Å². The molecule has 2 atom stereocenters. The van der Waals surface area contributed by atoms with Crippen LogP contribution in [0.25, 0.3) is 0 Å². The summed E-state index contributed by atoms with van der Waals surface area (Å²) in [4.78, 5) is 0. The Balaban J connectivity index is 2.06. The molecule has 0 aliphatic heterocycles. The van der Waals surface area contributed by atoms with Crippen LogP contribution in [0.15, 0.2) is 24.5 Å². The maximum Gasteiger partial charge on any atom is 0.0665 e. The van der Waals surface area contributed by atoms with Crippen molar-refractivity contribution < 1.29 is 4.74 Å². The van der Waals surface area contributed by atoms with Crippen molar-refractivity contribution in [1.29, 1.82) is 0 Å². The van der Waals surface area contributed by atoms with Crippen LogP contribution in [-0.4, -0.2) is 17.3 Å². The number of hydrogen-bond acceptors (Lipinski definition) is 1.